The van der Waals surface area contributed by atoms with Gasteiger partial charge >= 0.3 is 0 Å². The van der Waals surface area contributed by atoms with Crippen molar-refractivity contribution in [2.75, 3.05) is 32.8 Å². The molecule has 0 aromatic heterocycles. The minimum Gasteiger partial charge on any atom is -0.485 e. The molecular weight excluding hydrogens is 407 g/mol. The van der Waals surface area contributed by atoms with Gasteiger partial charge < -0.3 is 10.1 Å². The first-order valence-corrected chi connectivity index (χ1v) is 10.4. The summed E-state index contributed by atoms with van der Waals surface area (Å²) in [5.74, 6) is 0.556. The van der Waals surface area contributed by atoms with Gasteiger partial charge in [-0.15, -0.1) is 0 Å². The minimum absolute atomic E-state index is 0.0550. The number of rotatable bonds is 6. The molecule has 4 nitrogen and oxygen atoms in total. The maximum atomic E-state index is 13.0. The van der Waals surface area contributed by atoms with Crippen LogP contribution >= 0.6 is 23.2 Å². The number of fused-ring (bicyclic) bond motifs is 1. The Hall–Kier alpha value is -2.11. The highest BCUT2D eigenvalue weighted by atomic mass is 35.5. The molecular formula is C23H22Cl2N2O2. The minimum atomic E-state index is -0.0864. The lowest BCUT2D eigenvalue weighted by Gasteiger charge is -2.27. The van der Waals surface area contributed by atoms with Gasteiger partial charge in [-0.1, -0.05) is 53.5 Å². The molecule has 1 fully saturated rings. The van der Waals surface area contributed by atoms with E-state index in [-0.39, 0.29) is 12.4 Å². The number of nitrogens with zero attached hydrogens (tertiary/aromatic N) is 1. The van der Waals surface area contributed by atoms with Crippen molar-refractivity contribution in [3.63, 3.8) is 0 Å². The van der Waals surface area contributed by atoms with E-state index in [2.05, 4.69) is 10.2 Å². The molecule has 6 heteroatoms. The Balaban J connectivity index is 1.53. The Morgan fingerprint density at radius 1 is 1.00 bits per heavy atom. The largest absolute Gasteiger partial charge is 0.485 e. The van der Waals surface area contributed by atoms with Gasteiger partial charge in [-0.05, 0) is 29.8 Å². The first kappa shape index (κ1) is 20.2. The summed E-state index contributed by atoms with van der Waals surface area (Å²) in [6.07, 6.45) is 0. The zero-order chi connectivity index (χ0) is 20.2. The van der Waals surface area contributed by atoms with Gasteiger partial charge in [-0.3, -0.25) is 9.69 Å². The van der Waals surface area contributed by atoms with E-state index in [9.17, 15) is 4.79 Å². The van der Waals surface area contributed by atoms with Crippen molar-refractivity contribution >= 4 is 39.8 Å². The van der Waals surface area contributed by atoms with Crippen LogP contribution in [0.1, 0.15) is 15.9 Å². The van der Waals surface area contributed by atoms with Gasteiger partial charge in [-0.25, -0.2) is 0 Å². The molecule has 0 unspecified atom stereocenters. The van der Waals surface area contributed by atoms with Crippen LogP contribution in [0, 0.1) is 0 Å². The summed E-state index contributed by atoms with van der Waals surface area (Å²) in [5.41, 5.74) is 1.60. The van der Waals surface area contributed by atoms with Crippen LogP contribution in [0.15, 0.2) is 54.6 Å². The Kier molecular flexibility index (Phi) is 6.36. The van der Waals surface area contributed by atoms with Gasteiger partial charge in [0, 0.05) is 59.1 Å². The second kappa shape index (κ2) is 9.14. The summed E-state index contributed by atoms with van der Waals surface area (Å²) < 4.78 is 5.90. The molecule has 0 atom stereocenters. The van der Waals surface area contributed by atoms with E-state index in [1.54, 1.807) is 18.2 Å². The highest BCUT2D eigenvalue weighted by Gasteiger charge is 2.17. The first-order valence-electron chi connectivity index (χ1n) is 9.66. The fourth-order valence-electron chi connectivity index (χ4n) is 3.64. The van der Waals surface area contributed by atoms with Crippen LogP contribution in [0.5, 0.6) is 5.75 Å². The molecule has 1 N–H and O–H groups in total. The van der Waals surface area contributed by atoms with Gasteiger partial charge in [-0.2, -0.15) is 0 Å². The molecule has 0 bridgehead atoms. The Labute approximate surface area is 180 Å². The van der Waals surface area contributed by atoms with E-state index in [0.29, 0.717) is 21.4 Å². The predicted molar refractivity (Wildman–Crippen MR) is 118 cm³/mol. The van der Waals surface area contributed by atoms with Gasteiger partial charge in [0.2, 0.25) is 5.78 Å². The lowest BCUT2D eigenvalue weighted by atomic mass is 10.0. The van der Waals surface area contributed by atoms with Crippen molar-refractivity contribution in [1.29, 1.82) is 0 Å². The molecule has 29 heavy (non-hydrogen) atoms. The first-order chi connectivity index (χ1) is 14.1. The molecule has 0 aliphatic carbocycles. The SMILES string of the molecule is O=C(COc1ccc(Cl)c2ccccc12)c1cc(Cl)ccc1CN1CCNCC1. The van der Waals surface area contributed by atoms with Crippen LogP contribution < -0.4 is 10.1 Å². The fraction of sp³-hybridized carbons (Fsp3) is 0.261. The number of carbonyl (C=O) groups excluding carboxylic acids is 1. The van der Waals surface area contributed by atoms with Crippen LogP contribution in [0.25, 0.3) is 10.8 Å². The second-order valence-electron chi connectivity index (χ2n) is 7.13. The van der Waals surface area contributed by atoms with E-state index >= 15 is 0 Å². The molecule has 4 rings (SSSR count). The maximum Gasteiger partial charge on any atom is 0.200 e. The molecule has 0 saturated carbocycles. The summed E-state index contributed by atoms with van der Waals surface area (Å²) in [7, 11) is 0. The number of hydrogen-bond donors (Lipinski definition) is 1. The number of hydrogen-bond acceptors (Lipinski definition) is 4. The van der Waals surface area contributed by atoms with Crippen molar-refractivity contribution < 1.29 is 9.53 Å². The Morgan fingerprint density at radius 2 is 1.76 bits per heavy atom. The summed E-state index contributed by atoms with van der Waals surface area (Å²) in [5, 5.41) is 6.35. The number of nitrogens with one attached hydrogen (secondary N) is 1. The normalized spacial score (nSPS) is 14.8. The van der Waals surface area contributed by atoms with Crippen LogP contribution in [-0.2, 0) is 6.54 Å². The fourth-order valence-corrected chi connectivity index (χ4v) is 4.04. The number of carbonyl (C=O) groups is 1. The molecule has 0 amide bonds. The molecule has 1 aliphatic rings. The van der Waals surface area contributed by atoms with Crippen molar-refractivity contribution in [3.05, 3.63) is 75.8 Å². The highest BCUT2D eigenvalue weighted by Crippen LogP contribution is 2.31. The van der Waals surface area contributed by atoms with E-state index in [1.165, 1.54) is 0 Å². The second-order valence-corrected chi connectivity index (χ2v) is 7.97. The van der Waals surface area contributed by atoms with E-state index in [1.807, 2.05) is 36.4 Å². The van der Waals surface area contributed by atoms with Gasteiger partial charge in [0.1, 0.15) is 5.75 Å². The number of Topliss-reactive ketones (excluding diaryl/α,β-unsaturated/α-hetero) is 1. The quantitative estimate of drug-likeness (QED) is 0.571. The van der Waals surface area contributed by atoms with Crippen LogP contribution in [0.4, 0.5) is 0 Å². The van der Waals surface area contributed by atoms with E-state index in [0.717, 1.165) is 49.1 Å². The smallest absolute Gasteiger partial charge is 0.200 e. The molecule has 150 valence electrons. The Morgan fingerprint density at radius 3 is 2.55 bits per heavy atom. The average molecular weight is 429 g/mol. The van der Waals surface area contributed by atoms with E-state index in [4.69, 9.17) is 27.9 Å². The molecule has 3 aromatic carbocycles. The molecule has 1 saturated heterocycles. The van der Waals surface area contributed by atoms with Crippen molar-refractivity contribution in [2.45, 2.75) is 6.54 Å². The third-order valence-corrected chi connectivity index (χ3v) is 5.73. The van der Waals surface area contributed by atoms with Gasteiger partial charge in [0.05, 0.1) is 0 Å². The van der Waals surface area contributed by atoms with Crippen LogP contribution in [-0.4, -0.2) is 43.5 Å². The van der Waals surface area contributed by atoms with E-state index < -0.39 is 0 Å². The van der Waals surface area contributed by atoms with Crippen LogP contribution in [0.2, 0.25) is 10.0 Å². The maximum absolute atomic E-state index is 13.0. The average Bonchev–Trinajstić information content (AvgIpc) is 2.75. The van der Waals surface area contributed by atoms with Crippen molar-refractivity contribution in [3.8, 4) is 5.75 Å². The third-order valence-electron chi connectivity index (χ3n) is 5.17. The topological polar surface area (TPSA) is 41.6 Å². The third kappa shape index (κ3) is 4.73. The monoisotopic (exact) mass is 428 g/mol. The highest BCUT2D eigenvalue weighted by molar-refractivity contribution is 6.35. The number of piperazine rings is 1. The predicted octanol–water partition coefficient (Wildman–Crippen LogP) is 4.81. The number of ketones is 1. The zero-order valence-corrected chi connectivity index (χ0v) is 17.5. The lowest BCUT2D eigenvalue weighted by molar-refractivity contribution is 0.0920. The molecule has 1 aliphatic heterocycles. The molecule has 0 radical (unpaired) electrons. The summed E-state index contributed by atoms with van der Waals surface area (Å²) in [6.45, 7) is 4.52. The number of ether oxygens (including phenoxy) is 1. The Bertz CT molecular complexity index is 1030. The zero-order valence-electron chi connectivity index (χ0n) is 16.0. The van der Waals surface area contributed by atoms with Crippen LogP contribution in [0.3, 0.4) is 0 Å². The molecule has 0 spiro atoms. The van der Waals surface area contributed by atoms with Gasteiger partial charge in [0.15, 0.2) is 6.61 Å². The summed E-state index contributed by atoms with van der Waals surface area (Å²) in [6, 6.07) is 16.8. The van der Waals surface area contributed by atoms with Gasteiger partial charge in [0.25, 0.3) is 0 Å². The standard InChI is InChI=1S/C23H22Cl2N2O2/c24-17-6-5-16(14-27-11-9-26-10-12-27)20(13-17)22(28)15-29-23-8-7-21(25)18-3-1-2-4-19(18)23/h1-8,13,26H,9-12,14-15H2. The van der Waals surface area contributed by atoms with Crippen molar-refractivity contribution in [2.24, 2.45) is 0 Å². The summed E-state index contributed by atoms with van der Waals surface area (Å²) in [4.78, 5) is 15.3. The number of halogens is 2. The van der Waals surface area contributed by atoms with Crippen molar-refractivity contribution in [1.82, 2.24) is 10.2 Å². The molecule has 1 heterocycles. The molecule has 3 aromatic rings. The summed E-state index contributed by atoms with van der Waals surface area (Å²) >= 11 is 12.5. The number of benzene rings is 3. The lowest BCUT2D eigenvalue weighted by Crippen LogP contribution is -2.43.